The zero-order valence-corrected chi connectivity index (χ0v) is 13.8. The van der Waals surface area contributed by atoms with Gasteiger partial charge in [0.1, 0.15) is 11.6 Å². The Morgan fingerprint density at radius 3 is 2.90 bits per heavy atom. The molecule has 0 amide bonds. The number of halogens is 2. The van der Waals surface area contributed by atoms with E-state index in [1.165, 1.54) is 30.7 Å². The standard InChI is InChI=1S/C15H15BrFN3S/c1-2-7-20-14(10-3-4-10)18-19-15(20)21-9-11-5-6-12(16)8-13(11)17/h2,5-6,8,10H,1,3-4,7,9H2. The quantitative estimate of drug-likeness (QED) is 0.554. The van der Waals surface area contributed by atoms with Crippen LogP contribution < -0.4 is 0 Å². The van der Waals surface area contributed by atoms with Crippen molar-refractivity contribution in [3.63, 3.8) is 0 Å². The molecule has 2 aromatic rings. The molecule has 1 saturated carbocycles. The van der Waals surface area contributed by atoms with Gasteiger partial charge in [-0.2, -0.15) is 0 Å². The van der Waals surface area contributed by atoms with Crippen molar-refractivity contribution in [1.29, 1.82) is 0 Å². The lowest BCUT2D eigenvalue weighted by molar-refractivity contribution is 0.616. The summed E-state index contributed by atoms with van der Waals surface area (Å²) in [4.78, 5) is 0. The van der Waals surface area contributed by atoms with Crippen molar-refractivity contribution in [3.8, 4) is 0 Å². The predicted octanol–water partition coefficient (Wildman–Crippen LogP) is 4.54. The number of aromatic nitrogens is 3. The summed E-state index contributed by atoms with van der Waals surface area (Å²) in [5.74, 6) is 1.91. The maximum atomic E-state index is 13.8. The first-order chi connectivity index (χ1) is 10.2. The highest BCUT2D eigenvalue weighted by Gasteiger charge is 2.30. The molecule has 110 valence electrons. The lowest BCUT2D eigenvalue weighted by Crippen LogP contribution is -2.03. The molecule has 0 bridgehead atoms. The summed E-state index contributed by atoms with van der Waals surface area (Å²) in [6.07, 6.45) is 4.21. The van der Waals surface area contributed by atoms with Gasteiger partial charge in [0, 0.05) is 22.7 Å². The SMILES string of the molecule is C=CCn1c(SCc2ccc(Br)cc2F)nnc1C1CC1. The summed E-state index contributed by atoms with van der Waals surface area (Å²) in [6, 6.07) is 5.13. The average molecular weight is 368 g/mol. The van der Waals surface area contributed by atoms with Crippen molar-refractivity contribution >= 4 is 27.7 Å². The van der Waals surface area contributed by atoms with Gasteiger partial charge in [-0.1, -0.05) is 39.8 Å². The lowest BCUT2D eigenvalue weighted by Gasteiger charge is -2.07. The molecule has 0 spiro atoms. The van der Waals surface area contributed by atoms with Crippen LogP contribution in [0.25, 0.3) is 0 Å². The first-order valence-corrected chi connectivity index (χ1v) is 8.57. The van der Waals surface area contributed by atoms with Crippen molar-refractivity contribution in [3.05, 3.63) is 52.5 Å². The lowest BCUT2D eigenvalue weighted by atomic mass is 10.2. The molecular formula is C15H15BrFN3S. The highest BCUT2D eigenvalue weighted by molar-refractivity contribution is 9.10. The third kappa shape index (κ3) is 3.37. The zero-order valence-electron chi connectivity index (χ0n) is 11.4. The molecule has 1 fully saturated rings. The van der Waals surface area contributed by atoms with E-state index in [0.717, 1.165) is 15.5 Å². The number of nitrogens with zero attached hydrogens (tertiary/aromatic N) is 3. The van der Waals surface area contributed by atoms with Gasteiger partial charge in [0.15, 0.2) is 5.16 Å². The van der Waals surface area contributed by atoms with E-state index >= 15 is 0 Å². The Hall–Kier alpha value is -1.14. The maximum Gasteiger partial charge on any atom is 0.191 e. The van der Waals surface area contributed by atoms with Gasteiger partial charge in [-0.25, -0.2) is 4.39 Å². The minimum atomic E-state index is -0.200. The van der Waals surface area contributed by atoms with Crippen molar-refractivity contribution < 1.29 is 4.39 Å². The van der Waals surface area contributed by atoms with E-state index in [-0.39, 0.29) is 5.82 Å². The number of thioether (sulfide) groups is 1. The summed E-state index contributed by atoms with van der Waals surface area (Å²) in [6.45, 7) is 4.49. The molecule has 0 radical (unpaired) electrons. The van der Waals surface area contributed by atoms with Gasteiger partial charge in [0.2, 0.25) is 0 Å². The Bertz CT molecular complexity index is 667. The Kier molecular flexibility index (Phi) is 4.45. The van der Waals surface area contributed by atoms with Gasteiger partial charge < -0.3 is 4.57 Å². The fraction of sp³-hybridized carbons (Fsp3) is 0.333. The molecule has 0 N–H and O–H groups in total. The van der Waals surface area contributed by atoms with Gasteiger partial charge in [-0.05, 0) is 30.5 Å². The van der Waals surface area contributed by atoms with E-state index in [4.69, 9.17) is 0 Å². The average Bonchev–Trinajstić information content (AvgIpc) is 3.22. The fourth-order valence-corrected chi connectivity index (χ4v) is 3.41. The second-order valence-electron chi connectivity index (χ2n) is 5.04. The summed E-state index contributed by atoms with van der Waals surface area (Å²) >= 11 is 4.78. The molecule has 0 saturated heterocycles. The highest BCUT2D eigenvalue weighted by Crippen LogP contribution is 2.40. The third-order valence-corrected chi connectivity index (χ3v) is 4.88. The Labute approximate surface area is 135 Å². The molecular weight excluding hydrogens is 353 g/mol. The molecule has 1 aromatic carbocycles. The Morgan fingerprint density at radius 1 is 1.43 bits per heavy atom. The largest absolute Gasteiger partial charge is 0.302 e. The van der Waals surface area contributed by atoms with Crippen LogP contribution >= 0.6 is 27.7 Å². The van der Waals surface area contributed by atoms with Crippen LogP contribution in [0.4, 0.5) is 4.39 Å². The normalized spacial score (nSPS) is 14.4. The molecule has 1 aliphatic rings. The number of allylic oxidation sites excluding steroid dienone is 1. The summed E-state index contributed by atoms with van der Waals surface area (Å²) in [5, 5.41) is 9.38. The molecule has 0 atom stereocenters. The third-order valence-electron chi connectivity index (χ3n) is 3.37. The van der Waals surface area contributed by atoms with Crippen molar-refractivity contribution in [1.82, 2.24) is 14.8 Å². The van der Waals surface area contributed by atoms with E-state index in [9.17, 15) is 4.39 Å². The minimum absolute atomic E-state index is 0.200. The topological polar surface area (TPSA) is 30.7 Å². The molecule has 3 rings (SSSR count). The summed E-state index contributed by atoms with van der Waals surface area (Å²) in [5.41, 5.74) is 0.671. The minimum Gasteiger partial charge on any atom is -0.302 e. The van der Waals surface area contributed by atoms with Crippen LogP contribution in [0, 0.1) is 5.82 Å². The molecule has 1 aliphatic carbocycles. The first kappa shape index (κ1) is 14.8. The monoisotopic (exact) mass is 367 g/mol. The van der Waals surface area contributed by atoms with Crippen LogP contribution in [0.5, 0.6) is 0 Å². The van der Waals surface area contributed by atoms with Crippen LogP contribution in [0.2, 0.25) is 0 Å². The van der Waals surface area contributed by atoms with Crippen molar-refractivity contribution in [2.45, 2.75) is 36.2 Å². The van der Waals surface area contributed by atoms with Gasteiger partial charge in [0.25, 0.3) is 0 Å². The second kappa shape index (κ2) is 6.32. The summed E-state index contributed by atoms with van der Waals surface area (Å²) < 4.78 is 16.7. The molecule has 1 aromatic heterocycles. The Morgan fingerprint density at radius 2 is 2.24 bits per heavy atom. The van der Waals surface area contributed by atoms with E-state index in [0.29, 0.717) is 23.8 Å². The van der Waals surface area contributed by atoms with Gasteiger partial charge in [0.05, 0.1) is 0 Å². The Balaban J connectivity index is 1.76. The number of hydrogen-bond acceptors (Lipinski definition) is 3. The molecule has 3 nitrogen and oxygen atoms in total. The van der Waals surface area contributed by atoms with Crippen molar-refractivity contribution in [2.75, 3.05) is 0 Å². The van der Waals surface area contributed by atoms with Crippen LogP contribution in [0.15, 0.2) is 40.5 Å². The number of benzene rings is 1. The smallest absolute Gasteiger partial charge is 0.191 e. The summed E-state index contributed by atoms with van der Waals surface area (Å²) in [7, 11) is 0. The molecule has 0 aliphatic heterocycles. The molecule has 6 heteroatoms. The maximum absolute atomic E-state index is 13.8. The molecule has 21 heavy (non-hydrogen) atoms. The van der Waals surface area contributed by atoms with E-state index in [1.807, 2.05) is 12.1 Å². The van der Waals surface area contributed by atoms with Crippen LogP contribution in [-0.4, -0.2) is 14.8 Å². The zero-order chi connectivity index (χ0) is 14.8. The van der Waals surface area contributed by atoms with Gasteiger partial charge >= 0.3 is 0 Å². The number of hydrogen-bond donors (Lipinski definition) is 0. The van der Waals surface area contributed by atoms with E-state index in [2.05, 4.69) is 37.3 Å². The molecule has 0 unspecified atom stereocenters. The van der Waals surface area contributed by atoms with Crippen LogP contribution in [0.1, 0.15) is 30.1 Å². The van der Waals surface area contributed by atoms with Gasteiger partial charge in [-0.15, -0.1) is 16.8 Å². The van der Waals surface area contributed by atoms with Crippen LogP contribution in [-0.2, 0) is 12.3 Å². The predicted molar refractivity (Wildman–Crippen MR) is 85.9 cm³/mol. The van der Waals surface area contributed by atoms with Crippen LogP contribution in [0.3, 0.4) is 0 Å². The van der Waals surface area contributed by atoms with Gasteiger partial charge in [-0.3, -0.25) is 0 Å². The second-order valence-corrected chi connectivity index (χ2v) is 6.90. The van der Waals surface area contributed by atoms with Crippen molar-refractivity contribution in [2.24, 2.45) is 0 Å². The molecule has 1 heterocycles. The fourth-order valence-electron chi connectivity index (χ4n) is 2.13. The van der Waals surface area contributed by atoms with E-state index in [1.54, 1.807) is 6.07 Å². The highest BCUT2D eigenvalue weighted by atomic mass is 79.9. The number of rotatable bonds is 6. The first-order valence-electron chi connectivity index (χ1n) is 6.79. The van der Waals surface area contributed by atoms with E-state index < -0.39 is 0 Å².